The third kappa shape index (κ3) is 4.59. The standard InChI is InChI=1S/C12H16Br2N2O3/c13-10-7-9(19-12(10)14)8-15-2-1-11(17)16-3-5-18-6-4-16/h7,15H,1-6,8H2. The van der Waals surface area contributed by atoms with E-state index in [1.807, 2.05) is 11.0 Å². The van der Waals surface area contributed by atoms with E-state index in [1.165, 1.54) is 0 Å². The lowest BCUT2D eigenvalue weighted by atomic mass is 10.3. The zero-order chi connectivity index (χ0) is 13.7. The molecule has 2 heterocycles. The summed E-state index contributed by atoms with van der Waals surface area (Å²) in [6, 6.07) is 1.90. The first-order valence-electron chi connectivity index (χ1n) is 6.17. The Labute approximate surface area is 128 Å². The van der Waals surface area contributed by atoms with Crippen molar-refractivity contribution in [3.05, 3.63) is 21.0 Å². The molecule has 19 heavy (non-hydrogen) atoms. The zero-order valence-corrected chi connectivity index (χ0v) is 13.6. The van der Waals surface area contributed by atoms with Gasteiger partial charge in [0.05, 0.1) is 24.2 Å². The van der Waals surface area contributed by atoms with Crippen LogP contribution in [0.25, 0.3) is 0 Å². The van der Waals surface area contributed by atoms with Gasteiger partial charge in [-0.1, -0.05) is 0 Å². The molecule has 0 radical (unpaired) electrons. The summed E-state index contributed by atoms with van der Waals surface area (Å²) in [5, 5.41) is 3.20. The average molecular weight is 396 g/mol. The Kier molecular flexibility index (Phi) is 5.87. The molecular weight excluding hydrogens is 380 g/mol. The van der Waals surface area contributed by atoms with Gasteiger partial charge in [0.15, 0.2) is 4.67 Å². The molecule has 1 aromatic rings. The van der Waals surface area contributed by atoms with Crippen LogP contribution >= 0.6 is 31.9 Å². The van der Waals surface area contributed by atoms with E-state index >= 15 is 0 Å². The minimum absolute atomic E-state index is 0.178. The van der Waals surface area contributed by atoms with Crippen molar-refractivity contribution in [1.82, 2.24) is 10.2 Å². The number of ether oxygens (including phenoxy) is 1. The number of nitrogens with zero attached hydrogens (tertiary/aromatic N) is 1. The summed E-state index contributed by atoms with van der Waals surface area (Å²) in [7, 11) is 0. The van der Waals surface area contributed by atoms with E-state index in [0.29, 0.717) is 50.5 Å². The second-order valence-electron chi connectivity index (χ2n) is 4.25. The van der Waals surface area contributed by atoms with Crippen molar-refractivity contribution in [1.29, 1.82) is 0 Å². The van der Waals surface area contributed by atoms with E-state index in [0.717, 1.165) is 10.2 Å². The summed E-state index contributed by atoms with van der Waals surface area (Å²) in [6.07, 6.45) is 0.503. The van der Waals surface area contributed by atoms with Crippen molar-refractivity contribution in [2.24, 2.45) is 0 Å². The summed E-state index contributed by atoms with van der Waals surface area (Å²) in [5.41, 5.74) is 0. The van der Waals surface area contributed by atoms with Gasteiger partial charge in [0.1, 0.15) is 5.76 Å². The Morgan fingerprint density at radius 1 is 1.37 bits per heavy atom. The van der Waals surface area contributed by atoms with Gasteiger partial charge in [-0.2, -0.15) is 0 Å². The zero-order valence-electron chi connectivity index (χ0n) is 10.5. The predicted molar refractivity (Wildman–Crippen MR) is 77.8 cm³/mol. The number of hydrogen-bond donors (Lipinski definition) is 1. The average Bonchev–Trinajstić information content (AvgIpc) is 2.74. The first kappa shape index (κ1) is 15.0. The molecule has 1 saturated heterocycles. The van der Waals surface area contributed by atoms with Crippen molar-refractivity contribution < 1.29 is 13.9 Å². The van der Waals surface area contributed by atoms with Gasteiger partial charge < -0.3 is 19.4 Å². The van der Waals surface area contributed by atoms with Gasteiger partial charge in [-0.05, 0) is 37.9 Å². The number of carbonyl (C=O) groups is 1. The Morgan fingerprint density at radius 2 is 2.11 bits per heavy atom. The molecule has 106 valence electrons. The predicted octanol–water partition coefficient (Wildman–Crippen LogP) is 2.14. The quantitative estimate of drug-likeness (QED) is 0.776. The van der Waals surface area contributed by atoms with E-state index in [-0.39, 0.29) is 5.91 Å². The summed E-state index contributed by atoms with van der Waals surface area (Å²) in [4.78, 5) is 13.7. The van der Waals surface area contributed by atoms with Crippen LogP contribution in [-0.2, 0) is 16.1 Å². The van der Waals surface area contributed by atoms with E-state index in [9.17, 15) is 4.79 Å². The van der Waals surface area contributed by atoms with Crippen LogP contribution in [0.1, 0.15) is 12.2 Å². The third-order valence-corrected chi connectivity index (χ3v) is 4.58. The molecule has 0 aliphatic carbocycles. The van der Waals surface area contributed by atoms with Crippen molar-refractivity contribution in [2.75, 3.05) is 32.8 Å². The maximum absolute atomic E-state index is 11.9. The molecular formula is C12H16Br2N2O3. The maximum atomic E-state index is 11.9. The fourth-order valence-corrected chi connectivity index (χ4v) is 2.51. The number of morpholine rings is 1. The Morgan fingerprint density at radius 3 is 2.74 bits per heavy atom. The van der Waals surface area contributed by atoms with E-state index < -0.39 is 0 Å². The number of halogens is 2. The molecule has 0 atom stereocenters. The van der Waals surface area contributed by atoms with Gasteiger partial charge in [-0.3, -0.25) is 4.79 Å². The molecule has 1 aliphatic heterocycles. The van der Waals surface area contributed by atoms with Crippen LogP contribution in [0.2, 0.25) is 0 Å². The minimum Gasteiger partial charge on any atom is -0.452 e. The number of nitrogens with one attached hydrogen (secondary N) is 1. The largest absolute Gasteiger partial charge is 0.452 e. The van der Waals surface area contributed by atoms with Gasteiger partial charge in [-0.15, -0.1) is 0 Å². The fourth-order valence-electron chi connectivity index (χ4n) is 1.86. The van der Waals surface area contributed by atoms with Crippen LogP contribution in [0.3, 0.4) is 0 Å². The van der Waals surface area contributed by atoms with Gasteiger partial charge in [-0.25, -0.2) is 0 Å². The summed E-state index contributed by atoms with van der Waals surface area (Å²) in [5.74, 6) is 1.01. The van der Waals surface area contributed by atoms with Crippen LogP contribution in [0.5, 0.6) is 0 Å². The molecule has 1 aromatic heterocycles. The monoisotopic (exact) mass is 394 g/mol. The number of hydrogen-bond acceptors (Lipinski definition) is 4. The molecule has 1 amide bonds. The molecule has 2 rings (SSSR count). The lowest BCUT2D eigenvalue weighted by molar-refractivity contribution is -0.135. The molecule has 0 unspecified atom stereocenters. The van der Waals surface area contributed by atoms with E-state index in [1.54, 1.807) is 0 Å². The third-order valence-electron chi connectivity index (χ3n) is 2.87. The van der Waals surface area contributed by atoms with E-state index in [4.69, 9.17) is 9.15 Å². The Bertz CT molecular complexity index is 411. The Hall–Kier alpha value is -0.370. The smallest absolute Gasteiger partial charge is 0.224 e. The van der Waals surface area contributed by atoms with Crippen molar-refractivity contribution in [3.8, 4) is 0 Å². The number of carbonyl (C=O) groups excluding carboxylic acids is 1. The van der Waals surface area contributed by atoms with Crippen LogP contribution < -0.4 is 5.32 Å². The van der Waals surface area contributed by atoms with Crippen molar-refractivity contribution in [2.45, 2.75) is 13.0 Å². The highest BCUT2D eigenvalue weighted by Gasteiger charge is 2.16. The van der Waals surface area contributed by atoms with Crippen molar-refractivity contribution >= 4 is 37.8 Å². The highest BCUT2D eigenvalue weighted by atomic mass is 79.9. The molecule has 5 nitrogen and oxygen atoms in total. The molecule has 0 spiro atoms. The van der Waals surface area contributed by atoms with Crippen LogP contribution in [-0.4, -0.2) is 43.7 Å². The highest BCUT2D eigenvalue weighted by molar-refractivity contribution is 9.13. The highest BCUT2D eigenvalue weighted by Crippen LogP contribution is 2.26. The number of furan rings is 1. The van der Waals surface area contributed by atoms with Gasteiger partial charge >= 0.3 is 0 Å². The molecule has 0 saturated carbocycles. The van der Waals surface area contributed by atoms with Crippen LogP contribution in [0.4, 0.5) is 0 Å². The maximum Gasteiger partial charge on any atom is 0.224 e. The second-order valence-corrected chi connectivity index (χ2v) is 5.83. The number of amides is 1. The first-order chi connectivity index (χ1) is 9.16. The molecule has 1 N–H and O–H groups in total. The first-order valence-corrected chi connectivity index (χ1v) is 7.75. The van der Waals surface area contributed by atoms with Crippen molar-refractivity contribution in [3.63, 3.8) is 0 Å². The summed E-state index contributed by atoms with van der Waals surface area (Å²) >= 11 is 6.65. The molecule has 1 aliphatic rings. The Balaban J connectivity index is 1.64. The van der Waals surface area contributed by atoms with Crippen LogP contribution in [0.15, 0.2) is 19.6 Å². The summed E-state index contributed by atoms with van der Waals surface area (Å²) < 4.78 is 12.2. The van der Waals surface area contributed by atoms with Gasteiger partial charge in [0.25, 0.3) is 0 Å². The fraction of sp³-hybridized carbons (Fsp3) is 0.583. The normalized spacial score (nSPS) is 15.8. The minimum atomic E-state index is 0.178. The summed E-state index contributed by atoms with van der Waals surface area (Å²) in [6.45, 7) is 3.96. The lowest BCUT2D eigenvalue weighted by Gasteiger charge is -2.26. The molecule has 0 aromatic carbocycles. The lowest BCUT2D eigenvalue weighted by Crippen LogP contribution is -2.41. The SMILES string of the molecule is O=C(CCNCc1cc(Br)c(Br)o1)N1CCOCC1. The molecule has 0 bridgehead atoms. The van der Waals surface area contributed by atoms with E-state index in [2.05, 4.69) is 37.2 Å². The molecule has 1 fully saturated rings. The number of rotatable bonds is 5. The van der Waals surface area contributed by atoms with Gasteiger partial charge in [0.2, 0.25) is 5.91 Å². The second kappa shape index (κ2) is 7.42. The van der Waals surface area contributed by atoms with Gasteiger partial charge in [0, 0.05) is 26.1 Å². The molecule has 7 heteroatoms. The topological polar surface area (TPSA) is 54.7 Å². The van der Waals surface area contributed by atoms with Crippen LogP contribution in [0, 0.1) is 0 Å².